The molecule has 3 heterocycles. The number of piperidine rings is 1. The van der Waals surface area contributed by atoms with Gasteiger partial charge >= 0.3 is 0 Å². The van der Waals surface area contributed by atoms with Crippen LogP contribution in [0.3, 0.4) is 0 Å². The maximum absolute atomic E-state index is 13.3. The van der Waals surface area contributed by atoms with E-state index < -0.39 is 0 Å². The van der Waals surface area contributed by atoms with Gasteiger partial charge in [0.15, 0.2) is 0 Å². The topological polar surface area (TPSA) is 71.1 Å². The number of aromatic amines is 1. The molecule has 1 aliphatic heterocycles. The molecule has 27 heavy (non-hydrogen) atoms. The number of ether oxygens (including phenoxy) is 1. The highest BCUT2D eigenvalue weighted by atomic mass is 16.5. The van der Waals surface area contributed by atoms with Crippen LogP contribution in [0.5, 0.6) is 5.75 Å². The molecule has 0 unspecified atom stereocenters. The highest BCUT2D eigenvalue weighted by Gasteiger charge is 2.32. The normalized spacial score (nSPS) is 16.9. The van der Waals surface area contributed by atoms with Gasteiger partial charge < -0.3 is 9.64 Å². The number of carbonyl (C=O) groups excluding carboxylic acids is 1. The van der Waals surface area contributed by atoms with Crippen molar-refractivity contribution in [2.24, 2.45) is 0 Å². The van der Waals surface area contributed by atoms with Crippen LogP contribution in [-0.4, -0.2) is 39.6 Å². The number of likely N-dealkylation sites (tertiary alicyclic amines) is 1. The largest absolute Gasteiger partial charge is 0.496 e. The lowest BCUT2D eigenvalue weighted by Crippen LogP contribution is -2.39. The van der Waals surface area contributed by atoms with Crippen molar-refractivity contribution < 1.29 is 9.53 Å². The summed E-state index contributed by atoms with van der Waals surface area (Å²) in [7, 11) is 1.59. The molecule has 138 valence electrons. The fourth-order valence-corrected chi connectivity index (χ4v) is 3.76. The lowest BCUT2D eigenvalue weighted by molar-refractivity contribution is 0.0603. The number of H-pyrrole nitrogens is 1. The smallest absolute Gasteiger partial charge is 0.258 e. The van der Waals surface area contributed by atoms with Crippen LogP contribution in [0, 0.1) is 0 Å². The molecule has 1 atom stereocenters. The van der Waals surface area contributed by atoms with Crippen molar-refractivity contribution in [3.05, 3.63) is 66.2 Å². The van der Waals surface area contributed by atoms with E-state index in [-0.39, 0.29) is 11.9 Å². The second-order valence-corrected chi connectivity index (χ2v) is 6.64. The van der Waals surface area contributed by atoms with Gasteiger partial charge in [-0.3, -0.25) is 14.9 Å². The third-order valence-electron chi connectivity index (χ3n) is 5.09. The van der Waals surface area contributed by atoms with E-state index in [0.717, 1.165) is 42.6 Å². The standard InChI is InChI=1S/C21H22N4O2/c1-27-19-8-3-2-6-16(19)21(26)25-13-5-4-7-18(25)20-17(14-23-24-20)15-9-11-22-12-10-15/h2-3,6,8-12,14,18H,4-5,7,13H2,1H3,(H,23,24)/t18-/m0/s1. The monoisotopic (exact) mass is 362 g/mol. The Morgan fingerprint density at radius 2 is 2.00 bits per heavy atom. The highest BCUT2D eigenvalue weighted by molar-refractivity contribution is 5.97. The lowest BCUT2D eigenvalue weighted by atomic mass is 9.94. The van der Waals surface area contributed by atoms with E-state index in [1.807, 2.05) is 47.5 Å². The molecule has 1 aliphatic rings. The number of para-hydroxylation sites is 1. The van der Waals surface area contributed by atoms with Crippen molar-refractivity contribution in [3.63, 3.8) is 0 Å². The van der Waals surface area contributed by atoms with Gasteiger partial charge in [0.05, 0.1) is 30.6 Å². The average Bonchev–Trinajstić information content (AvgIpc) is 3.23. The first-order valence-electron chi connectivity index (χ1n) is 9.17. The first kappa shape index (κ1) is 17.3. The van der Waals surface area contributed by atoms with Gasteiger partial charge in [0.25, 0.3) is 5.91 Å². The molecule has 2 aromatic heterocycles. The predicted molar refractivity (Wildman–Crippen MR) is 102 cm³/mol. The average molecular weight is 362 g/mol. The Kier molecular flexibility index (Phi) is 4.87. The summed E-state index contributed by atoms with van der Waals surface area (Å²) in [5, 5.41) is 7.41. The van der Waals surface area contributed by atoms with E-state index in [9.17, 15) is 4.79 Å². The first-order chi connectivity index (χ1) is 13.3. The lowest BCUT2D eigenvalue weighted by Gasteiger charge is -2.36. The quantitative estimate of drug-likeness (QED) is 0.765. The van der Waals surface area contributed by atoms with E-state index >= 15 is 0 Å². The highest BCUT2D eigenvalue weighted by Crippen LogP contribution is 2.37. The van der Waals surface area contributed by atoms with Gasteiger partial charge in [0.1, 0.15) is 5.75 Å². The molecule has 1 fully saturated rings. The van der Waals surface area contributed by atoms with Gasteiger partial charge in [-0.25, -0.2) is 0 Å². The zero-order valence-corrected chi connectivity index (χ0v) is 15.3. The van der Waals surface area contributed by atoms with E-state index in [1.54, 1.807) is 19.5 Å². The third kappa shape index (κ3) is 3.30. The van der Waals surface area contributed by atoms with Gasteiger partial charge in [-0.05, 0) is 49.1 Å². The number of hydrogen-bond donors (Lipinski definition) is 1. The van der Waals surface area contributed by atoms with E-state index in [0.29, 0.717) is 11.3 Å². The Morgan fingerprint density at radius 1 is 1.19 bits per heavy atom. The zero-order valence-electron chi connectivity index (χ0n) is 15.3. The number of methoxy groups -OCH3 is 1. The summed E-state index contributed by atoms with van der Waals surface area (Å²) in [5.41, 5.74) is 3.63. The van der Waals surface area contributed by atoms with Crippen LogP contribution in [-0.2, 0) is 0 Å². The van der Waals surface area contributed by atoms with Crippen LogP contribution in [0.2, 0.25) is 0 Å². The summed E-state index contributed by atoms with van der Waals surface area (Å²) < 4.78 is 5.40. The summed E-state index contributed by atoms with van der Waals surface area (Å²) in [6, 6.07) is 11.3. The number of carbonyl (C=O) groups is 1. The van der Waals surface area contributed by atoms with Crippen LogP contribution >= 0.6 is 0 Å². The second-order valence-electron chi connectivity index (χ2n) is 6.64. The number of rotatable bonds is 4. The van der Waals surface area contributed by atoms with Crippen molar-refractivity contribution >= 4 is 5.91 Å². The number of hydrogen-bond acceptors (Lipinski definition) is 4. The molecule has 1 saturated heterocycles. The molecule has 1 N–H and O–H groups in total. The van der Waals surface area contributed by atoms with Crippen LogP contribution < -0.4 is 4.74 Å². The Morgan fingerprint density at radius 3 is 2.81 bits per heavy atom. The molecule has 1 amide bonds. The first-order valence-corrected chi connectivity index (χ1v) is 9.17. The molecule has 0 radical (unpaired) electrons. The van der Waals surface area contributed by atoms with Crippen molar-refractivity contribution in [2.45, 2.75) is 25.3 Å². The minimum absolute atomic E-state index is 0.00701. The molecule has 0 aliphatic carbocycles. The van der Waals surface area contributed by atoms with E-state index in [4.69, 9.17) is 4.74 Å². The summed E-state index contributed by atoms with van der Waals surface area (Å²) in [6.45, 7) is 0.719. The van der Waals surface area contributed by atoms with Crippen molar-refractivity contribution in [2.75, 3.05) is 13.7 Å². The number of nitrogens with one attached hydrogen (secondary N) is 1. The summed E-state index contributed by atoms with van der Waals surface area (Å²) in [6.07, 6.45) is 8.34. The minimum atomic E-state index is -0.0400. The summed E-state index contributed by atoms with van der Waals surface area (Å²) in [4.78, 5) is 19.4. The number of nitrogens with zero attached hydrogens (tertiary/aromatic N) is 3. The molecule has 0 spiro atoms. The van der Waals surface area contributed by atoms with Crippen LogP contribution in [0.25, 0.3) is 11.1 Å². The number of aromatic nitrogens is 3. The fraction of sp³-hybridized carbons (Fsp3) is 0.286. The molecular formula is C21H22N4O2. The van der Waals surface area contributed by atoms with Gasteiger partial charge in [0.2, 0.25) is 0 Å². The molecule has 1 aromatic carbocycles. The molecule has 6 heteroatoms. The Bertz CT molecular complexity index is 923. The minimum Gasteiger partial charge on any atom is -0.496 e. The Balaban J connectivity index is 1.70. The number of amides is 1. The summed E-state index contributed by atoms with van der Waals surface area (Å²) in [5.74, 6) is 0.596. The van der Waals surface area contributed by atoms with Crippen molar-refractivity contribution in [1.82, 2.24) is 20.1 Å². The van der Waals surface area contributed by atoms with Crippen molar-refractivity contribution in [1.29, 1.82) is 0 Å². The Hall–Kier alpha value is -3.15. The Labute approximate surface area is 158 Å². The molecule has 0 saturated carbocycles. The zero-order chi connectivity index (χ0) is 18.6. The fourth-order valence-electron chi connectivity index (χ4n) is 3.76. The maximum atomic E-state index is 13.3. The van der Waals surface area contributed by atoms with Crippen LogP contribution in [0.1, 0.15) is 41.4 Å². The molecule has 6 nitrogen and oxygen atoms in total. The van der Waals surface area contributed by atoms with Gasteiger partial charge in [-0.1, -0.05) is 12.1 Å². The molecule has 0 bridgehead atoms. The van der Waals surface area contributed by atoms with Gasteiger partial charge in [-0.15, -0.1) is 0 Å². The maximum Gasteiger partial charge on any atom is 0.258 e. The SMILES string of the molecule is COc1ccccc1C(=O)N1CCCC[C@H]1c1[nH]ncc1-c1ccncc1. The third-order valence-corrected chi connectivity index (χ3v) is 5.09. The van der Waals surface area contributed by atoms with E-state index in [2.05, 4.69) is 15.2 Å². The van der Waals surface area contributed by atoms with Crippen LogP contribution in [0.4, 0.5) is 0 Å². The predicted octanol–water partition coefficient (Wildman–Crippen LogP) is 3.85. The second kappa shape index (κ2) is 7.61. The number of benzene rings is 1. The molecule has 4 rings (SSSR count). The number of pyridine rings is 1. The van der Waals surface area contributed by atoms with Gasteiger partial charge in [-0.2, -0.15) is 5.10 Å². The van der Waals surface area contributed by atoms with Crippen molar-refractivity contribution in [3.8, 4) is 16.9 Å². The molecule has 3 aromatic rings. The van der Waals surface area contributed by atoms with Crippen LogP contribution in [0.15, 0.2) is 55.0 Å². The van der Waals surface area contributed by atoms with E-state index in [1.165, 1.54) is 0 Å². The van der Waals surface area contributed by atoms with Gasteiger partial charge in [0, 0.05) is 24.5 Å². The summed E-state index contributed by atoms with van der Waals surface area (Å²) >= 11 is 0. The molecular weight excluding hydrogens is 340 g/mol.